The van der Waals surface area contributed by atoms with Gasteiger partial charge in [-0.15, -0.1) is 23.2 Å². The van der Waals surface area contributed by atoms with Gasteiger partial charge in [-0.1, -0.05) is 13.2 Å². The monoisotopic (exact) mass is 328 g/mol. The standard InChI is InChI=1S/C12H22Cl2O4Si/c1-5-15-9-11(7-13)17-19(3,4)18-12(8-14)10-16-6-2/h5-6,11-12H,1-2,7-10H2,3-4H3. The first-order chi connectivity index (χ1) is 8.99. The zero-order valence-corrected chi connectivity index (χ0v) is 14.0. The Balaban J connectivity index is 4.31. The quantitative estimate of drug-likeness (QED) is 0.313. The molecule has 0 aliphatic heterocycles. The summed E-state index contributed by atoms with van der Waals surface area (Å²) >= 11 is 11.7. The maximum Gasteiger partial charge on any atom is 0.332 e. The van der Waals surface area contributed by atoms with Gasteiger partial charge in [0.25, 0.3) is 0 Å². The number of rotatable bonds is 12. The lowest BCUT2D eigenvalue weighted by Gasteiger charge is -2.30. The molecule has 112 valence electrons. The Kier molecular flexibility index (Phi) is 10.5. The lowest BCUT2D eigenvalue weighted by atomic mass is 10.4. The third-order valence-corrected chi connectivity index (χ3v) is 4.54. The van der Waals surface area contributed by atoms with Gasteiger partial charge < -0.3 is 18.3 Å². The van der Waals surface area contributed by atoms with E-state index in [0.29, 0.717) is 25.0 Å². The van der Waals surface area contributed by atoms with Crippen molar-refractivity contribution in [3.63, 3.8) is 0 Å². The summed E-state index contributed by atoms with van der Waals surface area (Å²) in [5, 5.41) is 0. The molecule has 19 heavy (non-hydrogen) atoms. The summed E-state index contributed by atoms with van der Waals surface area (Å²) in [4.78, 5) is 0. The number of hydrogen-bond acceptors (Lipinski definition) is 4. The molecule has 0 aliphatic carbocycles. The Labute approximate surface area is 126 Å². The van der Waals surface area contributed by atoms with E-state index in [4.69, 9.17) is 41.5 Å². The van der Waals surface area contributed by atoms with Crippen molar-refractivity contribution >= 4 is 31.8 Å². The first-order valence-electron chi connectivity index (χ1n) is 5.91. The Morgan fingerprint density at radius 2 is 1.32 bits per heavy atom. The zero-order chi connectivity index (χ0) is 14.7. The van der Waals surface area contributed by atoms with Gasteiger partial charge in [0.05, 0.1) is 36.5 Å². The van der Waals surface area contributed by atoms with E-state index in [1.807, 2.05) is 13.1 Å². The molecule has 0 aromatic rings. The van der Waals surface area contributed by atoms with Gasteiger partial charge in [0.1, 0.15) is 13.2 Å². The van der Waals surface area contributed by atoms with Crippen LogP contribution >= 0.6 is 23.2 Å². The van der Waals surface area contributed by atoms with E-state index in [1.165, 1.54) is 12.5 Å². The summed E-state index contributed by atoms with van der Waals surface area (Å²) in [5.74, 6) is 0.644. The minimum atomic E-state index is -2.37. The summed E-state index contributed by atoms with van der Waals surface area (Å²) < 4.78 is 21.9. The van der Waals surface area contributed by atoms with Gasteiger partial charge >= 0.3 is 8.56 Å². The molecule has 7 heteroatoms. The van der Waals surface area contributed by atoms with E-state index in [0.717, 1.165) is 0 Å². The van der Waals surface area contributed by atoms with Gasteiger partial charge in [0.2, 0.25) is 0 Å². The Morgan fingerprint density at radius 1 is 0.947 bits per heavy atom. The molecule has 0 amide bonds. The predicted octanol–water partition coefficient (Wildman–Crippen LogP) is 3.26. The molecule has 0 saturated heterocycles. The molecule has 0 aromatic carbocycles. The summed E-state index contributed by atoms with van der Waals surface area (Å²) in [6, 6.07) is 0. The van der Waals surface area contributed by atoms with Crippen LogP contribution in [0.5, 0.6) is 0 Å². The molecule has 0 spiro atoms. The lowest BCUT2D eigenvalue weighted by molar-refractivity contribution is 0.0427. The highest BCUT2D eigenvalue weighted by atomic mass is 35.5. The van der Waals surface area contributed by atoms with Crippen molar-refractivity contribution in [1.82, 2.24) is 0 Å². The van der Waals surface area contributed by atoms with Crippen molar-refractivity contribution in [3.8, 4) is 0 Å². The van der Waals surface area contributed by atoms with Crippen molar-refractivity contribution in [2.75, 3.05) is 25.0 Å². The maximum atomic E-state index is 5.87. The molecular weight excluding hydrogens is 307 g/mol. The molecular formula is C12H22Cl2O4Si. The molecule has 0 N–H and O–H groups in total. The fourth-order valence-electron chi connectivity index (χ4n) is 1.40. The Bertz CT molecular complexity index is 240. The van der Waals surface area contributed by atoms with Gasteiger partial charge in [-0.25, -0.2) is 0 Å². The molecule has 0 radical (unpaired) electrons. The van der Waals surface area contributed by atoms with E-state index in [2.05, 4.69) is 13.2 Å². The van der Waals surface area contributed by atoms with E-state index in [-0.39, 0.29) is 12.2 Å². The van der Waals surface area contributed by atoms with E-state index >= 15 is 0 Å². The molecule has 0 bridgehead atoms. The molecule has 0 heterocycles. The van der Waals surface area contributed by atoms with Gasteiger partial charge in [0.15, 0.2) is 0 Å². The molecule has 2 unspecified atom stereocenters. The molecule has 2 atom stereocenters. The molecule has 0 saturated carbocycles. The minimum absolute atomic E-state index is 0.238. The summed E-state index contributed by atoms with van der Waals surface area (Å²) in [5.41, 5.74) is 0. The van der Waals surface area contributed by atoms with Gasteiger partial charge in [0, 0.05) is 0 Å². The number of halogens is 2. The third kappa shape index (κ3) is 9.35. The topological polar surface area (TPSA) is 36.9 Å². The third-order valence-electron chi connectivity index (χ3n) is 2.05. The average Bonchev–Trinajstić information content (AvgIpc) is 2.39. The summed E-state index contributed by atoms with van der Waals surface area (Å²) in [6.07, 6.45) is 2.24. The number of ether oxygens (including phenoxy) is 2. The smallest absolute Gasteiger partial charge is 0.332 e. The van der Waals surface area contributed by atoms with Crippen LogP contribution in [-0.4, -0.2) is 45.7 Å². The molecule has 0 fully saturated rings. The average molecular weight is 329 g/mol. The summed E-state index contributed by atoms with van der Waals surface area (Å²) in [6.45, 7) is 11.5. The Morgan fingerprint density at radius 3 is 1.58 bits per heavy atom. The van der Waals surface area contributed by atoms with Gasteiger partial charge in [-0.3, -0.25) is 0 Å². The normalized spacial score (nSPS) is 14.5. The van der Waals surface area contributed by atoms with Crippen LogP contribution in [0.15, 0.2) is 25.7 Å². The van der Waals surface area contributed by atoms with E-state index < -0.39 is 8.56 Å². The van der Waals surface area contributed by atoms with Gasteiger partial charge in [-0.05, 0) is 13.1 Å². The maximum absolute atomic E-state index is 5.87. The second-order valence-electron chi connectivity index (χ2n) is 4.19. The van der Waals surface area contributed by atoms with Crippen molar-refractivity contribution in [2.45, 2.75) is 25.3 Å². The molecule has 0 rings (SSSR count). The first-order valence-corrected chi connectivity index (χ1v) is 9.80. The van der Waals surface area contributed by atoms with E-state index in [1.54, 1.807) is 0 Å². The van der Waals surface area contributed by atoms with Crippen molar-refractivity contribution in [1.29, 1.82) is 0 Å². The molecule has 0 aromatic heterocycles. The Hall–Kier alpha value is -0.203. The lowest BCUT2D eigenvalue weighted by Crippen LogP contribution is -2.45. The fraction of sp³-hybridized carbons (Fsp3) is 0.667. The van der Waals surface area contributed by atoms with Crippen molar-refractivity contribution < 1.29 is 18.3 Å². The van der Waals surface area contributed by atoms with Crippen LogP contribution in [0.25, 0.3) is 0 Å². The fourth-order valence-corrected chi connectivity index (χ4v) is 3.88. The van der Waals surface area contributed by atoms with Gasteiger partial charge in [-0.2, -0.15) is 0 Å². The predicted molar refractivity (Wildman–Crippen MR) is 81.0 cm³/mol. The van der Waals surface area contributed by atoms with E-state index in [9.17, 15) is 0 Å². The number of hydrogen-bond donors (Lipinski definition) is 0. The van der Waals surface area contributed by atoms with Crippen molar-refractivity contribution in [2.24, 2.45) is 0 Å². The van der Waals surface area contributed by atoms with Crippen molar-refractivity contribution in [3.05, 3.63) is 25.7 Å². The van der Waals surface area contributed by atoms with Crippen LogP contribution in [0.2, 0.25) is 13.1 Å². The van der Waals surface area contributed by atoms with Crippen LogP contribution in [-0.2, 0) is 18.3 Å². The van der Waals surface area contributed by atoms with Crippen LogP contribution in [0.4, 0.5) is 0 Å². The SMILES string of the molecule is C=COCC(CCl)O[Si](C)(C)OC(CCl)COC=C. The van der Waals surface area contributed by atoms with Crippen LogP contribution in [0.3, 0.4) is 0 Å². The minimum Gasteiger partial charge on any atom is -0.499 e. The number of alkyl halides is 2. The highest BCUT2D eigenvalue weighted by Crippen LogP contribution is 2.15. The highest BCUT2D eigenvalue weighted by Gasteiger charge is 2.32. The first kappa shape index (κ1) is 18.8. The summed E-state index contributed by atoms with van der Waals surface area (Å²) in [7, 11) is -2.37. The second kappa shape index (κ2) is 10.6. The largest absolute Gasteiger partial charge is 0.499 e. The second-order valence-corrected chi connectivity index (χ2v) is 8.08. The van der Waals surface area contributed by atoms with Crippen LogP contribution < -0.4 is 0 Å². The molecule has 0 aliphatic rings. The van der Waals surface area contributed by atoms with Crippen LogP contribution in [0, 0.1) is 0 Å². The molecule has 4 nitrogen and oxygen atoms in total. The highest BCUT2D eigenvalue weighted by molar-refractivity contribution is 6.64. The zero-order valence-electron chi connectivity index (χ0n) is 11.4. The van der Waals surface area contributed by atoms with Crippen LogP contribution in [0.1, 0.15) is 0 Å².